The third-order valence-corrected chi connectivity index (χ3v) is 3.41. The molecule has 19 heavy (non-hydrogen) atoms. The second-order valence-electron chi connectivity index (χ2n) is 4.11. The van der Waals surface area contributed by atoms with Crippen molar-refractivity contribution in [1.29, 1.82) is 0 Å². The molecule has 1 aromatic heterocycles. The van der Waals surface area contributed by atoms with Gasteiger partial charge >= 0.3 is 0 Å². The van der Waals surface area contributed by atoms with E-state index in [0.717, 1.165) is 11.1 Å². The minimum Gasteiger partial charge on any atom is -0.348 e. The van der Waals surface area contributed by atoms with Gasteiger partial charge in [0.25, 0.3) is 5.91 Å². The third kappa shape index (κ3) is 3.38. The summed E-state index contributed by atoms with van der Waals surface area (Å²) in [5, 5.41) is 2.80. The number of halogens is 2. The van der Waals surface area contributed by atoms with Crippen LogP contribution in [0.1, 0.15) is 21.5 Å². The van der Waals surface area contributed by atoms with Crippen LogP contribution in [-0.2, 0) is 6.54 Å². The summed E-state index contributed by atoms with van der Waals surface area (Å²) in [7, 11) is 0. The molecule has 1 heterocycles. The van der Waals surface area contributed by atoms with Crippen LogP contribution in [0.2, 0.25) is 0 Å². The molecule has 3 nitrogen and oxygen atoms in total. The number of carbonyl (C=O) groups excluding carboxylic acids is 1. The minimum absolute atomic E-state index is 0.247. The van der Waals surface area contributed by atoms with E-state index in [0.29, 0.717) is 16.6 Å². The number of nitrogens with zero attached hydrogens (tertiary/aromatic N) is 1. The smallest absolute Gasteiger partial charge is 0.252 e. The van der Waals surface area contributed by atoms with Gasteiger partial charge in [0.1, 0.15) is 5.82 Å². The first-order valence-electron chi connectivity index (χ1n) is 5.70. The number of carbonyl (C=O) groups is 1. The van der Waals surface area contributed by atoms with Crippen LogP contribution in [0.15, 0.2) is 41.1 Å². The van der Waals surface area contributed by atoms with Crippen molar-refractivity contribution in [2.75, 3.05) is 0 Å². The number of benzene rings is 1. The molecule has 1 N–H and O–H groups in total. The van der Waals surface area contributed by atoms with Gasteiger partial charge in [-0.3, -0.25) is 9.78 Å². The minimum atomic E-state index is -0.381. The summed E-state index contributed by atoms with van der Waals surface area (Å²) in [6, 6.07) is 5.84. The number of aryl methyl sites for hydroxylation is 1. The molecule has 0 saturated heterocycles. The lowest BCUT2D eigenvalue weighted by Gasteiger charge is -2.08. The van der Waals surface area contributed by atoms with E-state index in [1.165, 1.54) is 18.2 Å². The van der Waals surface area contributed by atoms with E-state index in [1.807, 2.05) is 13.0 Å². The van der Waals surface area contributed by atoms with E-state index in [9.17, 15) is 9.18 Å². The quantitative estimate of drug-likeness (QED) is 0.942. The highest BCUT2D eigenvalue weighted by atomic mass is 79.9. The normalized spacial score (nSPS) is 10.3. The Morgan fingerprint density at radius 1 is 1.42 bits per heavy atom. The average Bonchev–Trinajstić information content (AvgIpc) is 2.37. The van der Waals surface area contributed by atoms with E-state index in [4.69, 9.17) is 0 Å². The Balaban J connectivity index is 2.08. The van der Waals surface area contributed by atoms with Gasteiger partial charge in [0.05, 0.1) is 5.56 Å². The summed E-state index contributed by atoms with van der Waals surface area (Å²) < 4.78 is 13.4. The van der Waals surface area contributed by atoms with Crippen molar-refractivity contribution < 1.29 is 9.18 Å². The Hall–Kier alpha value is -1.75. The predicted molar refractivity (Wildman–Crippen MR) is 74.2 cm³/mol. The number of hydrogen-bond acceptors (Lipinski definition) is 2. The summed E-state index contributed by atoms with van der Waals surface area (Å²) in [4.78, 5) is 16.0. The van der Waals surface area contributed by atoms with E-state index >= 15 is 0 Å². The summed E-state index contributed by atoms with van der Waals surface area (Å²) in [5.74, 6) is -0.628. The highest BCUT2D eigenvalue weighted by Gasteiger charge is 2.10. The van der Waals surface area contributed by atoms with Crippen molar-refractivity contribution in [3.05, 3.63) is 63.6 Å². The molecule has 0 aliphatic rings. The van der Waals surface area contributed by atoms with Gasteiger partial charge in [-0.25, -0.2) is 4.39 Å². The number of rotatable bonds is 3. The SMILES string of the molecule is Cc1cnccc1CNC(=O)c1ccc(F)cc1Br. The first-order valence-corrected chi connectivity index (χ1v) is 6.50. The number of nitrogens with one attached hydrogen (secondary N) is 1. The Bertz CT molecular complexity index is 616. The highest BCUT2D eigenvalue weighted by Crippen LogP contribution is 2.18. The molecule has 0 saturated carbocycles. The van der Waals surface area contributed by atoms with Gasteiger partial charge in [-0.15, -0.1) is 0 Å². The lowest BCUT2D eigenvalue weighted by Crippen LogP contribution is -2.23. The van der Waals surface area contributed by atoms with Crippen LogP contribution in [0, 0.1) is 12.7 Å². The fourth-order valence-electron chi connectivity index (χ4n) is 1.64. The van der Waals surface area contributed by atoms with Gasteiger partial charge in [0.2, 0.25) is 0 Å². The fourth-order valence-corrected chi connectivity index (χ4v) is 2.18. The summed E-state index contributed by atoms with van der Waals surface area (Å²) in [5.41, 5.74) is 2.43. The van der Waals surface area contributed by atoms with Crippen LogP contribution in [0.25, 0.3) is 0 Å². The number of aromatic nitrogens is 1. The molecule has 0 radical (unpaired) electrons. The van der Waals surface area contributed by atoms with E-state index in [1.54, 1.807) is 12.4 Å². The summed E-state index contributed by atoms with van der Waals surface area (Å²) in [6.07, 6.45) is 3.43. The standard InChI is InChI=1S/C14H12BrFN2O/c1-9-7-17-5-4-10(9)8-18-14(19)12-3-2-11(16)6-13(12)15/h2-7H,8H2,1H3,(H,18,19). The van der Waals surface area contributed by atoms with Gasteiger partial charge < -0.3 is 5.32 Å². The molecular formula is C14H12BrFN2O. The van der Waals surface area contributed by atoms with Crippen molar-refractivity contribution in [1.82, 2.24) is 10.3 Å². The van der Waals surface area contributed by atoms with Gasteiger partial charge in [0.15, 0.2) is 0 Å². The van der Waals surface area contributed by atoms with E-state index < -0.39 is 0 Å². The predicted octanol–water partition coefficient (Wildman–Crippen LogP) is 3.22. The topological polar surface area (TPSA) is 42.0 Å². The molecule has 98 valence electrons. The molecule has 5 heteroatoms. The second kappa shape index (κ2) is 5.93. The zero-order valence-electron chi connectivity index (χ0n) is 10.3. The van der Waals surface area contributed by atoms with Crippen LogP contribution in [0.4, 0.5) is 4.39 Å². The molecule has 1 amide bonds. The van der Waals surface area contributed by atoms with Crippen LogP contribution < -0.4 is 5.32 Å². The molecular weight excluding hydrogens is 311 g/mol. The zero-order chi connectivity index (χ0) is 13.8. The molecule has 0 unspecified atom stereocenters. The van der Waals surface area contributed by atoms with Gasteiger partial charge in [0, 0.05) is 23.4 Å². The van der Waals surface area contributed by atoms with Crippen molar-refractivity contribution in [3.8, 4) is 0 Å². The molecule has 0 spiro atoms. The largest absolute Gasteiger partial charge is 0.348 e. The first-order chi connectivity index (χ1) is 9.08. The highest BCUT2D eigenvalue weighted by molar-refractivity contribution is 9.10. The molecule has 2 rings (SSSR count). The molecule has 0 aliphatic carbocycles. The lowest BCUT2D eigenvalue weighted by molar-refractivity contribution is 0.0950. The summed E-state index contributed by atoms with van der Waals surface area (Å²) in [6.45, 7) is 2.35. The molecule has 1 aromatic carbocycles. The van der Waals surface area contributed by atoms with Crippen LogP contribution in [0.3, 0.4) is 0 Å². The molecule has 0 bridgehead atoms. The van der Waals surface area contributed by atoms with Gasteiger partial charge in [-0.1, -0.05) is 0 Å². The van der Waals surface area contributed by atoms with Crippen molar-refractivity contribution >= 4 is 21.8 Å². The second-order valence-corrected chi connectivity index (χ2v) is 4.96. The fraction of sp³-hybridized carbons (Fsp3) is 0.143. The number of pyridine rings is 1. The van der Waals surface area contributed by atoms with Crippen molar-refractivity contribution in [3.63, 3.8) is 0 Å². The first kappa shape index (κ1) is 13.7. The van der Waals surface area contributed by atoms with Crippen LogP contribution in [-0.4, -0.2) is 10.9 Å². The molecule has 0 atom stereocenters. The van der Waals surface area contributed by atoms with Crippen LogP contribution >= 0.6 is 15.9 Å². The van der Waals surface area contributed by atoms with Gasteiger partial charge in [-0.05, 0) is 58.2 Å². The maximum Gasteiger partial charge on any atom is 0.252 e. The van der Waals surface area contributed by atoms with E-state index in [-0.39, 0.29) is 11.7 Å². The summed E-state index contributed by atoms with van der Waals surface area (Å²) >= 11 is 3.18. The Labute approximate surface area is 119 Å². The third-order valence-electron chi connectivity index (χ3n) is 2.75. The lowest BCUT2D eigenvalue weighted by atomic mass is 10.1. The number of amides is 1. The molecule has 2 aromatic rings. The Morgan fingerprint density at radius 3 is 2.89 bits per heavy atom. The van der Waals surface area contributed by atoms with Gasteiger partial charge in [-0.2, -0.15) is 0 Å². The Morgan fingerprint density at radius 2 is 2.21 bits per heavy atom. The van der Waals surface area contributed by atoms with Crippen molar-refractivity contribution in [2.24, 2.45) is 0 Å². The van der Waals surface area contributed by atoms with Crippen LogP contribution in [0.5, 0.6) is 0 Å². The molecule has 0 aliphatic heterocycles. The zero-order valence-corrected chi connectivity index (χ0v) is 11.9. The average molecular weight is 323 g/mol. The van der Waals surface area contributed by atoms with E-state index in [2.05, 4.69) is 26.2 Å². The maximum atomic E-state index is 12.9. The van der Waals surface area contributed by atoms with Crippen molar-refractivity contribution in [2.45, 2.75) is 13.5 Å². The number of hydrogen-bond donors (Lipinski definition) is 1. The molecule has 0 fully saturated rings. The maximum absolute atomic E-state index is 12.9. The monoisotopic (exact) mass is 322 g/mol. The Kier molecular flexibility index (Phi) is 4.27.